The van der Waals surface area contributed by atoms with Crippen LogP contribution < -0.4 is 4.90 Å². The quantitative estimate of drug-likeness (QED) is 0.874. The van der Waals surface area contributed by atoms with E-state index in [1.807, 2.05) is 26.0 Å². The normalized spacial score (nSPS) is 16.3. The number of fused-ring (bicyclic) bond motifs is 1. The molecule has 0 atom stereocenters. The molecule has 1 amide bonds. The largest absolute Gasteiger partial charge is 0.314 e. The molecule has 0 bridgehead atoms. The van der Waals surface area contributed by atoms with Crippen molar-refractivity contribution in [1.29, 1.82) is 0 Å². The van der Waals surface area contributed by atoms with Crippen LogP contribution in [0.5, 0.6) is 0 Å². The SMILES string of the molecule is Cc1nc(-c2ccc3c(c2)C(C)(C)C(=O)N3C)n(CC(F)F)n1. The van der Waals surface area contributed by atoms with Gasteiger partial charge in [-0.25, -0.2) is 18.4 Å². The zero-order valence-electron chi connectivity index (χ0n) is 13.5. The molecule has 2 aromatic rings. The summed E-state index contributed by atoms with van der Waals surface area (Å²) in [5.41, 5.74) is 1.73. The molecule has 0 saturated carbocycles. The average Bonchev–Trinajstić information content (AvgIpc) is 2.91. The average molecular weight is 320 g/mol. The van der Waals surface area contributed by atoms with Gasteiger partial charge in [0.15, 0.2) is 5.82 Å². The Labute approximate surface area is 132 Å². The monoisotopic (exact) mass is 320 g/mol. The number of halogens is 2. The van der Waals surface area contributed by atoms with Gasteiger partial charge in [-0.1, -0.05) is 0 Å². The molecule has 0 saturated heterocycles. The van der Waals surface area contributed by atoms with Gasteiger partial charge in [0.05, 0.1) is 5.41 Å². The van der Waals surface area contributed by atoms with Gasteiger partial charge in [0, 0.05) is 18.3 Å². The second-order valence-electron chi connectivity index (χ2n) is 6.28. The van der Waals surface area contributed by atoms with Crippen LogP contribution in [0.1, 0.15) is 25.2 Å². The second kappa shape index (κ2) is 5.11. The van der Waals surface area contributed by atoms with Crippen LogP contribution in [0.15, 0.2) is 18.2 Å². The Morgan fingerprint density at radius 1 is 1.30 bits per heavy atom. The van der Waals surface area contributed by atoms with Crippen LogP contribution in [0.4, 0.5) is 14.5 Å². The summed E-state index contributed by atoms with van der Waals surface area (Å²) in [5, 5.41) is 4.04. The second-order valence-corrected chi connectivity index (χ2v) is 6.28. The molecule has 2 heterocycles. The Morgan fingerprint density at radius 3 is 2.65 bits per heavy atom. The maximum Gasteiger partial charge on any atom is 0.258 e. The lowest BCUT2D eigenvalue weighted by Gasteiger charge is -2.16. The Kier molecular flexibility index (Phi) is 3.46. The van der Waals surface area contributed by atoms with Crippen LogP contribution in [-0.4, -0.2) is 34.1 Å². The van der Waals surface area contributed by atoms with Crippen LogP contribution in [0.2, 0.25) is 0 Å². The van der Waals surface area contributed by atoms with E-state index in [0.717, 1.165) is 11.3 Å². The minimum absolute atomic E-state index is 0.00915. The third-order valence-electron chi connectivity index (χ3n) is 4.22. The van der Waals surface area contributed by atoms with Crippen LogP contribution in [0, 0.1) is 6.92 Å². The number of carbonyl (C=O) groups is 1. The summed E-state index contributed by atoms with van der Waals surface area (Å²) in [7, 11) is 1.74. The number of likely N-dealkylation sites (N-methyl/N-ethyl adjacent to an activating group) is 1. The zero-order chi connectivity index (χ0) is 16.9. The van der Waals surface area contributed by atoms with E-state index in [-0.39, 0.29) is 5.91 Å². The van der Waals surface area contributed by atoms with E-state index in [1.165, 1.54) is 4.68 Å². The van der Waals surface area contributed by atoms with Crippen molar-refractivity contribution < 1.29 is 13.6 Å². The number of rotatable bonds is 3. The van der Waals surface area contributed by atoms with E-state index in [1.54, 1.807) is 24.9 Å². The highest BCUT2D eigenvalue weighted by Crippen LogP contribution is 2.42. The summed E-state index contributed by atoms with van der Waals surface area (Å²) in [5.74, 6) is 0.840. The van der Waals surface area contributed by atoms with Crippen molar-refractivity contribution >= 4 is 11.6 Å². The van der Waals surface area contributed by atoms with Crippen molar-refractivity contribution in [2.24, 2.45) is 0 Å². The minimum atomic E-state index is -2.51. The molecule has 1 aromatic carbocycles. The van der Waals surface area contributed by atoms with Gasteiger partial charge in [0.1, 0.15) is 12.4 Å². The van der Waals surface area contributed by atoms with Crippen molar-refractivity contribution in [3.8, 4) is 11.4 Å². The van der Waals surface area contributed by atoms with Crippen molar-refractivity contribution in [3.63, 3.8) is 0 Å². The standard InChI is InChI=1S/C16H18F2N4O/c1-9-19-14(22(20-9)8-13(17)18)10-5-6-12-11(7-10)16(2,3)15(23)21(12)4/h5-7,13H,8H2,1-4H3. The molecular weight excluding hydrogens is 302 g/mol. The van der Waals surface area contributed by atoms with E-state index < -0.39 is 18.4 Å². The topological polar surface area (TPSA) is 51.0 Å². The van der Waals surface area contributed by atoms with E-state index in [9.17, 15) is 13.6 Å². The summed E-state index contributed by atoms with van der Waals surface area (Å²) >= 11 is 0. The highest BCUT2D eigenvalue weighted by atomic mass is 19.3. The number of hydrogen-bond acceptors (Lipinski definition) is 3. The number of alkyl halides is 2. The van der Waals surface area contributed by atoms with E-state index >= 15 is 0 Å². The van der Waals surface area contributed by atoms with Crippen LogP contribution in [0.3, 0.4) is 0 Å². The van der Waals surface area contributed by atoms with E-state index in [4.69, 9.17) is 0 Å². The van der Waals surface area contributed by atoms with Crippen molar-refractivity contribution in [1.82, 2.24) is 14.8 Å². The van der Waals surface area contributed by atoms with Gasteiger partial charge in [-0.15, -0.1) is 0 Å². The van der Waals surface area contributed by atoms with Gasteiger partial charge in [0.25, 0.3) is 6.43 Å². The Hall–Kier alpha value is -2.31. The molecule has 0 radical (unpaired) electrons. The Balaban J connectivity index is 2.11. The maximum atomic E-state index is 12.7. The number of hydrogen-bond donors (Lipinski definition) is 0. The Bertz CT molecular complexity index is 782. The lowest BCUT2D eigenvalue weighted by Crippen LogP contribution is -2.33. The maximum absolute atomic E-state index is 12.7. The first-order valence-corrected chi connectivity index (χ1v) is 7.34. The zero-order valence-corrected chi connectivity index (χ0v) is 13.5. The predicted molar refractivity (Wildman–Crippen MR) is 82.6 cm³/mol. The molecule has 5 nitrogen and oxygen atoms in total. The molecule has 0 spiro atoms. The number of aromatic nitrogens is 3. The fraction of sp³-hybridized carbons (Fsp3) is 0.438. The molecule has 122 valence electrons. The molecule has 1 aliphatic heterocycles. The molecule has 7 heteroatoms. The molecule has 0 unspecified atom stereocenters. The highest BCUT2D eigenvalue weighted by Gasteiger charge is 2.42. The first kappa shape index (κ1) is 15.6. The fourth-order valence-electron chi connectivity index (χ4n) is 3.04. The van der Waals surface area contributed by atoms with Gasteiger partial charge >= 0.3 is 0 Å². The Morgan fingerprint density at radius 2 is 2.00 bits per heavy atom. The van der Waals surface area contributed by atoms with E-state index in [2.05, 4.69) is 10.1 Å². The fourth-order valence-corrected chi connectivity index (χ4v) is 3.04. The summed E-state index contributed by atoms with van der Waals surface area (Å²) in [4.78, 5) is 18.2. The lowest BCUT2D eigenvalue weighted by molar-refractivity contribution is -0.121. The minimum Gasteiger partial charge on any atom is -0.314 e. The molecule has 3 rings (SSSR count). The lowest BCUT2D eigenvalue weighted by atomic mass is 9.85. The van der Waals surface area contributed by atoms with Crippen molar-refractivity contribution in [2.75, 3.05) is 11.9 Å². The highest BCUT2D eigenvalue weighted by molar-refractivity contribution is 6.07. The van der Waals surface area contributed by atoms with Gasteiger partial charge in [-0.3, -0.25) is 4.79 Å². The molecule has 23 heavy (non-hydrogen) atoms. The third-order valence-corrected chi connectivity index (χ3v) is 4.22. The van der Waals surface area contributed by atoms with Crippen molar-refractivity contribution in [3.05, 3.63) is 29.6 Å². The molecule has 1 aliphatic rings. The molecular formula is C16H18F2N4O. The molecule has 0 N–H and O–H groups in total. The first-order chi connectivity index (χ1) is 10.7. The van der Waals surface area contributed by atoms with Gasteiger partial charge in [-0.05, 0) is 44.5 Å². The number of amides is 1. The number of nitrogens with zero attached hydrogens (tertiary/aromatic N) is 4. The first-order valence-electron chi connectivity index (χ1n) is 7.34. The molecule has 1 aromatic heterocycles. The number of anilines is 1. The number of benzene rings is 1. The van der Waals surface area contributed by atoms with Gasteiger partial charge in [0.2, 0.25) is 5.91 Å². The summed E-state index contributed by atoms with van der Waals surface area (Å²) in [6.45, 7) is 4.88. The number of carbonyl (C=O) groups excluding carboxylic acids is 1. The third kappa shape index (κ3) is 2.40. The summed E-state index contributed by atoms with van der Waals surface area (Å²) in [6.07, 6.45) is -2.51. The van der Waals surface area contributed by atoms with Crippen LogP contribution in [-0.2, 0) is 16.8 Å². The van der Waals surface area contributed by atoms with Crippen molar-refractivity contribution in [2.45, 2.75) is 39.2 Å². The smallest absolute Gasteiger partial charge is 0.258 e. The van der Waals surface area contributed by atoms with Crippen LogP contribution in [0.25, 0.3) is 11.4 Å². The van der Waals surface area contributed by atoms with Crippen LogP contribution >= 0.6 is 0 Å². The molecule has 0 aliphatic carbocycles. The summed E-state index contributed by atoms with van der Waals surface area (Å²) in [6, 6.07) is 5.46. The molecule has 0 fully saturated rings. The predicted octanol–water partition coefficient (Wildman–Crippen LogP) is 2.77. The van der Waals surface area contributed by atoms with Gasteiger partial charge in [-0.2, -0.15) is 5.10 Å². The van der Waals surface area contributed by atoms with Gasteiger partial charge < -0.3 is 4.90 Å². The van der Waals surface area contributed by atoms with E-state index in [0.29, 0.717) is 17.2 Å². The summed E-state index contributed by atoms with van der Waals surface area (Å²) < 4.78 is 26.7. The number of aryl methyl sites for hydroxylation is 1.